The van der Waals surface area contributed by atoms with Crippen molar-refractivity contribution < 1.29 is 19.1 Å². The van der Waals surface area contributed by atoms with Gasteiger partial charge in [0.1, 0.15) is 6.54 Å². The first-order valence-electron chi connectivity index (χ1n) is 6.74. The van der Waals surface area contributed by atoms with Crippen LogP contribution < -0.4 is 4.90 Å². The van der Waals surface area contributed by atoms with E-state index in [1.165, 1.54) is 13.3 Å². The molecule has 1 aromatic heterocycles. The van der Waals surface area contributed by atoms with E-state index in [-0.39, 0.29) is 18.6 Å². The lowest BCUT2D eigenvalue weighted by Gasteiger charge is -2.25. The smallest absolute Gasteiger partial charge is 0.341 e. The topological polar surface area (TPSA) is 81.6 Å². The molecule has 21 heavy (non-hydrogen) atoms. The van der Waals surface area contributed by atoms with Crippen molar-refractivity contribution in [2.75, 3.05) is 25.2 Å². The molecule has 116 valence electrons. The first-order chi connectivity index (χ1) is 9.90. The zero-order valence-electron chi connectivity index (χ0n) is 13.0. The van der Waals surface area contributed by atoms with E-state index in [9.17, 15) is 9.59 Å². The van der Waals surface area contributed by atoms with E-state index >= 15 is 0 Å². The van der Waals surface area contributed by atoms with Gasteiger partial charge in [-0.15, -0.1) is 0 Å². The lowest BCUT2D eigenvalue weighted by molar-refractivity contribution is -0.139. The summed E-state index contributed by atoms with van der Waals surface area (Å²) >= 11 is 0. The van der Waals surface area contributed by atoms with Crippen LogP contribution in [0, 0.1) is 6.92 Å². The fraction of sp³-hybridized carbons (Fsp3) is 0.571. The number of nitrogens with zero attached hydrogens (tertiary/aromatic N) is 3. The maximum Gasteiger partial charge on any atom is 0.341 e. The van der Waals surface area contributed by atoms with Crippen LogP contribution in [-0.2, 0) is 14.3 Å². The molecule has 7 heteroatoms. The molecule has 7 nitrogen and oxygen atoms in total. The molecule has 0 saturated carbocycles. The van der Waals surface area contributed by atoms with E-state index in [1.807, 2.05) is 13.8 Å². The SMILES string of the molecule is CCOC(=O)c1cnc(N(CC(=O)OC)C(C)C)nc1C. The average molecular weight is 295 g/mol. The van der Waals surface area contributed by atoms with Gasteiger partial charge in [-0.3, -0.25) is 4.79 Å². The third-order valence-corrected chi connectivity index (χ3v) is 2.87. The maximum absolute atomic E-state index is 11.7. The summed E-state index contributed by atoms with van der Waals surface area (Å²) < 4.78 is 9.60. The van der Waals surface area contributed by atoms with Crippen molar-refractivity contribution in [2.24, 2.45) is 0 Å². The van der Waals surface area contributed by atoms with Crippen molar-refractivity contribution in [3.63, 3.8) is 0 Å². The van der Waals surface area contributed by atoms with Gasteiger partial charge in [0.15, 0.2) is 0 Å². The van der Waals surface area contributed by atoms with Gasteiger partial charge in [0.25, 0.3) is 0 Å². The first kappa shape index (κ1) is 16.9. The number of methoxy groups -OCH3 is 1. The Bertz CT molecular complexity index is 517. The van der Waals surface area contributed by atoms with Crippen LogP contribution in [0.4, 0.5) is 5.95 Å². The minimum absolute atomic E-state index is 0.0111. The molecule has 0 bridgehead atoms. The van der Waals surface area contributed by atoms with Crippen molar-refractivity contribution in [2.45, 2.75) is 33.7 Å². The van der Waals surface area contributed by atoms with Gasteiger partial charge in [-0.2, -0.15) is 0 Å². The van der Waals surface area contributed by atoms with Gasteiger partial charge in [-0.05, 0) is 27.7 Å². The highest BCUT2D eigenvalue weighted by molar-refractivity contribution is 5.90. The molecular formula is C14H21N3O4. The second kappa shape index (κ2) is 7.56. The molecule has 0 amide bonds. The van der Waals surface area contributed by atoms with E-state index in [2.05, 4.69) is 14.7 Å². The monoisotopic (exact) mass is 295 g/mol. The van der Waals surface area contributed by atoms with Crippen LogP contribution >= 0.6 is 0 Å². The Labute approximate surface area is 124 Å². The quantitative estimate of drug-likeness (QED) is 0.733. The second-order valence-corrected chi connectivity index (χ2v) is 4.69. The molecule has 1 aromatic rings. The molecule has 0 radical (unpaired) electrons. The normalized spacial score (nSPS) is 10.4. The molecule has 0 unspecified atom stereocenters. The minimum Gasteiger partial charge on any atom is -0.468 e. The molecule has 0 fully saturated rings. The molecule has 1 heterocycles. The summed E-state index contributed by atoms with van der Waals surface area (Å²) in [7, 11) is 1.33. The van der Waals surface area contributed by atoms with Gasteiger partial charge < -0.3 is 14.4 Å². The molecule has 0 aliphatic rings. The van der Waals surface area contributed by atoms with Crippen LogP contribution in [0.5, 0.6) is 0 Å². The summed E-state index contributed by atoms with van der Waals surface area (Å²) in [6, 6.07) is 0.0111. The Kier molecular flexibility index (Phi) is 6.08. The number of aromatic nitrogens is 2. The number of esters is 2. The zero-order chi connectivity index (χ0) is 16.0. The van der Waals surface area contributed by atoms with Crippen molar-refractivity contribution in [3.8, 4) is 0 Å². The van der Waals surface area contributed by atoms with Gasteiger partial charge in [0, 0.05) is 12.2 Å². The van der Waals surface area contributed by atoms with Gasteiger partial charge in [0.2, 0.25) is 5.95 Å². The molecule has 0 atom stereocenters. The van der Waals surface area contributed by atoms with Crippen molar-refractivity contribution in [3.05, 3.63) is 17.5 Å². The summed E-state index contributed by atoms with van der Waals surface area (Å²) in [5, 5.41) is 0. The molecule has 0 saturated heterocycles. The average Bonchev–Trinajstić information content (AvgIpc) is 2.44. The van der Waals surface area contributed by atoms with Crippen molar-refractivity contribution in [1.29, 1.82) is 0 Å². The Morgan fingerprint density at radius 1 is 1.38 bits per heavy atom. The van der Waals surface area contributed by atoms with Crippen LogP contribution in [0.25, 0.3) is 0 Å². The molecule has 0 aliphatic carbocycles. The summed E-state index contributed by atoms with van der Waals surface area (Å²) in [4.78, 5) is 33.3. The first-order valence-corrected chi connectivity index (χ1v) is 6.74. The fourth-order valence-electron chi connectivity index (χ4n) is 1.69. The molecule has 1 rings (SSSR count). The minimum atomic E-state index is -0.453. The maximum atomic E-state index is 11.7. The summed E-state index contributed by atoms with van der Waals surface area (Å²) in [6.07, 6.45) is 1.42. The largest absolute Gasteiger partial charge is 0.468 e. The lowest BCUT2D eigenvalue weighted by Crippen LogP contribution is -2.37. The number of hydrogen-bond acceptors (Lipinski definition) is 7. The number of aryl methyl sites for hydroxylation is 1. The Morgan fingerprint density at radius 2 is 2.05 bits per heavy atom. The predicted molar refractivity (Wildman–Crippen MR) is 77.2 cm³/mol. The van der Waals surface area contributed by atoms with Crippen LogP contribution in [-0.4, -0.2) is 48.2 Å². The predicted octanol–water partition coefficient (Wildman–Crippen LogP) is 1.35. The molecule has 0 aliphatic heterocycles. The number of hydrogen-bond donors (Lipinski definition) is 0. The summed E-state index contributed by atoms with van der Waals surface area (Å²) in [5.74, 6) is -0.453. The summed E-state index contributed by atoms with van der Waals surface area (Å²) in [5.41, 5.74) is 0.830. The Balaban J connectivity index is 3.04. The summed E-state index contributed by atoms with van der Waals surface area (Å²) in [6.45, 7) is 7.61. The second-order valence-electron chi connectivity index (χ2n) is 4.69. The molecule has 0 spiro atoms. The number of rotatable bonds is 6. The van der Waals surface area contributed by atoms with Gasteiger partial charge in [0.05, 0.1) is 25.0 Å². The highest BCUT2D eigenvalue weighted by Gasteiger charge is 2.20. The third kappa shape index (κ3) is 4.40. The van der Waals surface area contributed by atoms with Crippen molar-refractivity contribution in [1.82, 2.24) is 9.97 Å². The van der Waals surface area contributed by atoms with Crippen molar-refractivity contribution >= 4 is 17.9 Å². The van der Waals surface area contributed by atoms with Crippen LogP contribution in [0.2, 0.25) is 0 Å². The highest BCUT2D eigenvalue weighted by Crippen LogP contribution is 2.14. The van der Waals surface area contributed by atoms with Gasteiger partial charge >= 0.3 is 11.9 Å². The van der Waals surface area contributed by atoms with E-state index in [4.69, 9.17) is 4.74 Å². The number of ether oxygens (including phenoxy) is 2. The van der Waals surface area contributed by atoms with E-state index in [0.29, 0.717) is 23.8 Å². The van der Waals surface area contributed by atoms with Crippen LogP contribution in [0.15, 0.2) is 6.20 Å². The van der Waals surface area contributed by atoms with E-state index in [0.717, 1.165) is 0 Å². The Hall–Kier alpha value is -2.18. The molecule has 0 N–H and O–H groups in total. The van der Waals surface area contributed by atoms with Gasteiger partial charge in [-0.1, -0.05) is 0 Å². The van der Waals surface area contributed by atoms with Crippen LogP contribution in [0.1, 0.15) is 36.8 Å². The van der Waals surface area contributed by atoms with Gasteiger partial charge in [-0.25, -0.2) is 14.8 Å². The van der Waals surface area contributed by atoms with E-state index in [1.54, 1.807) is 18.7 Å². The fourth-order valence-corrected chi connectivity index (χ4v) is 1.69. The number of carbonyl (C=O) groups is 2. The zero-order valence-corrected chi connectivity index (χ0v) is 13.0. The molecular weight excluding hydrogens is 274 g/mol. The van der Waals surface area contributed by atoms with Crippen LogP contribution in [0.3, 0.4) is 0 Å². The Morgan fingerprint density at radius 3 is 2.52 bits per heavy atom. The molecule has 0 aromatic carbocycles. The third-order valence-electron chi connectivity index (χ3n) is 2.87. The number of anilines is 1. The standard InChI is InChI=1S/C14H21N3O4/c1-6-21-13(19)11-7-15-14(16-10(11)4)17(9(2)3)8-12(18)20-5/h7,9H,6,8H2,1-5H3. The van der Waals surface area contributed by atoms with E-state index < -0.39 is 5.97 Å². The lowest BCUT2D eigenvalue weighted by atomic mass is 10.2. The number of carbonyl (C=O) groups excluding carboxylic acids is 2. The highest BCUT2D eigenvalue weighted by atomic mass is 16.5.